The van der Waals surface area contributed by atoms with Crippen molar-refractivity contribution in [3.05, 3.63) is 0 Å². The molecule has 0 aromatic carbocycles. The first-order valence-electron chi connectivity index (χ1n) is 5.96. The standard InChI is InChI=1S/C12H25N/c1-4-5-8-11(2)12-9-6-7-10-13(12)3/h11-12H,4-10H2,1-3H3. The molecule has 1 aliphatic heterocycles. The Hall–Kier alpha value is -0.0400. The lowest BCUT2D eigenvalue weighted by molar-refractivity contribution is 0.130. The fraction of sp³-hybridized carbons (Fsp3) is 1.00. The van der Waals surface area contributed by atoms with Gasteiger partial charge in [0.1, 0.15) is 0 Å². The predicted molar refractivity (Wildman–Crippen MR) is 59.0 cm³/mol. The van der Waals surface area contributed by atoms with Gasteiger partial charge in [-0.15, -0.1) is 0 Å². The minimum absolute atomic E-state index is 0.875. The maximum atomic E-state index is 2.57. The van der Waals surface area contributed by atoms with Gasteiger partial charge in [-0.05, 0) is 38.8 Å². The van der Waals surface area contributed by atoms with Gasteiger partial charge in [0.25, 0.3) is 0 Å². The summed E-state index contributed by atoms with van der Waals surface area (Å²) in [7, 11) is 2.30. The molecule has 0 aromatic rings. The maximum absolute atomic E-state index is 2.57. The molecule has 1 heteroatoms. The highest BCUT2D eigenvalue weighted by Crippen LogP contribution is 2.24. The molecule has 1 heterocycles. The molecule has 0 N–H and O–H groups in total. The van der Waals surface area contributed by atoms with Crippen molar-refractivity contribution in [2.24, 2.45) is 5.92 Å². The van der Waals surface area contributed by atoms with Gasteiger partial charge in [-0.2, -0.15) is 0 Å². The number of likely N-dealkylation sites (tertiary alicyclic amines) is 1. The summed E-state index contributed by atoms with van der Waals surface area (Å²) in [6.07, 6.45) is 8.47. The molecule has 2 atom stereocenters. The molecular formula is C12H25N. The lowest BCUT2D eigenvalue weighted by Gasteiger charge is -2.36. The largest absolute Gasteiger partial charge is 0.303 e. The molecule has 2 unspecified atom stereocenters. The van der Waals surface area contributed by atoms with Crippen molar-refractivity contribution in [1.82, 2.24) is 4.90 Å². The summed E-state index contributed by atoms with van der Waals surface area (Å²) in [5, 5.41) is 0. The molecule has 0 radical (unpaired) electrons. The Labute approximate surface area is 83.5 Å². The number of nitrogens with zero attached hydrogens (tertiary/aromatic N) is 1. The van der Waals surface area contributed by atoms with Crippen LogP contribution >= 0.6 is 0 Å². The Bertz CT molecular complexity index is 133. The summed E-state index contributed by atoms with van der Waals surface area (Å²) in [5.41, 5.74) is 0. The molecule has 1 aliphatic rings. The first kappa shape index (κ1) is 11.0. The highest BCUT2D eigenvalue weighted by Gasteiger charge is 2.23. The van der Waals surface area contributed by atoms with Crippen LogP contribution in [0.25, 0.3) is 0 Å². The maximum Gasteiger partial charge on any atom is 0.0118 e. The van der Waals surface area contributed by atoms with Gasteiger partial charge in [-0.1, -0.05) is 33.1 Å². The molecule has 0 spiro atoms. The second-order valence-electron chi connectivity index (χ2n) is 4.66. The predicted octanol–water partition coefficient (Wildman–Crippen LogP) is 3.30. The fourth-order valence-corrected chi connectivity index (χ4v) is 2.54. The van der Waals surface area contributed by atoms with Gasteiger partial charge >= 0.3 is 0 Å². The zero-order valence-electron chi connectivity index (χ0n) is 9.55. The van der Waals surface area contributed by atoms with Crippen molar-refractivity contribution < 1.29 is 0 Å². The smallest absolute Gasteiger partial charge is 0.0118 e. The van der Waals surface area contributed by atoms with E-state index in [2.05, 4.69) is 25.8 Å². The minimum atomic E-state index is 0.875. The van der Waals surface area contributed by atoms with Gasteiger partial charge in [0.05, 0.1) is 0 Å². The molecule has 0 aromatic heterocycles. The molecule has 0 saturated carbocycles. The van der Waals surface area contributed by atoms with E-state index in [1.165, 1.54) is 45.1 Å². The Morgan fingerprint density at radius 2 is 2.15 bits per heavy atom. The van der Waals surface area contributed by atoms with Crippen molar-refractivity contribution in [2.45, 2.75) is 58.4 Å². The van der Waals surface area contributed by atoms with E-state index in [0.29, 0.717) is 0 Å². The quantitative estimate of drug-likeness (QED) is 0.646. The molecule has 1 nitrogen and oxygen atoms in total. The third-order valence-corrected chi connectivity index (χ3v) is 3.50. The fourth-order valence-electron chi connectivity index (χ4n) is 2.54. The van der Waals surface area contributed by atoms with E-state index < -0.39 is 0 Å². The topological polar surface area (TPSA) is 3.24 Å². The number of unbranched alkanes of at least 4 members (excludes halogenated alkanes) is 1. The van der Waals surface area contributed by atoms with Crippen molar-refractivity contribution in [1.29, 1.82) is 0 Å². The van der Waals surface area contributed by atoms with Crippen LogP contribution in [0.5, 0.6) is 0 Å². The number of hydrogen-bond donors (Lipinski definition) is 0. The highest BCUT2D eigenvalue weighted by molar-refractivity contribution is 4.78. The molecule has 0 amide bonds. The molecule has 78 valence electrons. The van der Waals surface area contributed by atoms with E-state index in [-0.39, 0.29) is 0 Å². The van der Waals surface area contributed by atoms with Crippen LogP contribution < -0.4 is 0 Å². The van der Waals surface area contributed by atoms with Gasteiger partial charge in [0.2, 0.25) is 0 Å². The SMILES string of the molecule is CCCCC(C)C1CCCCN1C. The normalized spacial score (nSPS) is 27.5. The molecule has 0 bridgehead atoms. The van der Waals surface area contributed by atoms with Crippen molar-refractivity contribution in [2.75, 3.05) is 13.6 Å². The van der Waals surface area contributed by atoms with E-state index in [0.717, 1.165) is 12.0 Å². The van der Waals surface area contributed by atoms with E-state index in [1.807, 2.05) is 0 Å². The Kier molecular flexibility index (Phi) is 4.79. The zero-order valence-corrected chi connectivity index (χ0v) is 9.55. The van der Waals surface area contributed by atoms with Crippen LogP contribution in [-0.4, -0.2) is 24.5 Å². The van der Waals surface area contributed by atoms with Crippen LogP contribution in [0.3, 0.4) is 0 Å². The van der Waals surface area contributed by atoms with Crippen molar-refractivity contribution >= 4 is 0 Å². The molecule has 1 fully saturated rings. The lowest BCUT2D eigenvalue weighted by atomic mass is 9.88. The summed E-state index contributed by atoms with van der Waals surface area (Å²) >= 11 is 0. The molecule has 0 aliphatic carbocycles. The Morgan fingerprint density at radius 3 is 2.77 bits per heavy atom. The second-order valence-corrected chi connectivity index (χ2v) is 4.66. The van der Waals surface area contributed by atoms with Crippen LogP contribution in [-0.2, 0) is 0 Å². The average molecular weight is 183 g/mol. The van der Waals surface area contributed by atoms with Crippen LogP contribution in [0.4, 0.5) is 0 Å². The van der Waals surface area contributed by atoms with Crippen LogP contribution in [0.15, 0.2) is 0 Å². The van der Waals surface area contributed by atoms with E-state index in [9.17, 15) is 0 Å². The summed E-state index contributed by atoms with van der Waals surface area (Å²) in [6.45, 7) is 6.04. The Morgan fingerprint density at radius 1 is 1.38 bits per heavy atom. The van der Waals surface area contributed by atoms with Gasteiger partial charge in [-0.25, -0.2) is 0 Å². The van der Waals surface area contributed by atoms with Crippen molar-refractivity contribution in [3.63, 3.8) is 0 Å². The Balaban J connectivity index is 2.30. The van der Waals surface area contributed by atoms with Crippen LogP contribution in [0.2, 0.25) is 0 Å². The van der Waals surface area contributed by atoms with Gasteiger partial charge < -0.3 is 4.90 Å². The zero-order chi connectivity index (χ0) is 9.68. The first-order chi connectivity index (χ1) is 6.25. The monoisotopic (exact) mass is 183 g/mol. The summed E-state index contributed by atoms with van der Waals surface area (Å²) < 4.78 is 0. The summed E-state index contributed by atoms with van der Waals surface area (Å²) in [5.74, 6) is 0.908. The number of hydrogen-bond acceptors (Lipinski definition) is 1. The van der Waals surface area contributed by atoms with E-state index in [4.69, 9.17) is 0 Å². The number of piperidine rings is 1. The van der Waals surface area contributed by atoms with Crippen LogP contribution in [0, 0.1) is 5.92 Å². The van der Waals surface area contributed by atoms with Gasteiger partial charge in [0.15, 0.2) is 0 Å². The van der Waals surface area contributed by atoms with E-state index in [1.54, 1.807) is 0 Å². The third kappa shape index (κ3) is 3.30. The minimum Gasteiger partial charge on any atom is -0.303 e. The molecule has 1 rings (SSSR count). The highest BCUT2D eigenvalue weighted by atomic mass is 15.1. The third-order valence-electron chi connectivity index (χ3n) is 3.50. The van der Waals surface area contributed by atoms with Crippen LogP contribution in [0.1, 0.15) is 52.4 Å². The first-order valence-corrected chi connectivity index (χ1v) is 5.96. The summed E-state index contributed by atoms with van der Waals surface area (Å²) in [4.78, 5) is 2.57. The molecule has 13 heavy (non-hydrogen) atoms. The number of rotatable bonds is 4. The van der Waals surface area contributed by atoms with Gasteiger partial charge in [-0.3, -0.25) is 0 Å². The second kappa shape index (κ2) is 5.64. The lowest BCUT2D eigenvalue weighted by Crippen LogP contribution is -2.40. The van der Waals surface area contributed by atoms with E-state index >= 15 is 0 Å². The molecular weight excluding hydrogens is 158 g/mol. The summed E-state index contributed by atoms with van der Waals surface area (Å²) in [6, 6.07) is 0.875. The van der Waals surface area contributed by atoms with Crippen molar-refractivity contribution in [3.8, 4) is 0 Å². The average Bonchev–Trinajstić information content (AvgIpc) is 2.15. The van der Waals surface area contributed by atoms with Gasteiger partial charge in [0, 0.05) is 6.04 Å². The molecule has 1 saturated heterocycles.